The van der Waals surface area contributed by atoms with Crippen LogP contribution in [0.4, 0.5) is 10.5 Å². The lowest BCUT2D eigenvalue weighted by molar-refractivity contribution is 0.159. The van der Waals surface area contributed by atoms with Gasteiger partial charge in [-0.1, -0.05) is 32.0 Å². The summed E-state index contributed by atoms with van der Waals surface area (Å²) in [6, 6.07) is 7.48. The SMILES string of the molecule is CC(C)COC1=CCc2ccccc2N1C(=O)O. The molecule has 0 unspecified atom stereocenters. The van der Waals surface area contributed by atoms with Gasteiger partial charge in [0.2, 0.25) is 0 Å². The fraction of sp³-hybridized carbons (Fsp3) is 0.357. The van der Waals surface area contributed by atoms with Crippen LogP contribution in [0, 0.1) is 5.92 Å². The van der Waals surface area contributed by atoms with Gasteiger partial charge in [-0.05, 0) is 30.0 Å². The van der Waals surface area contributed by atoms with Gasteiger partial charge in [-0.2, -0.15) is 0 Å². The van der Waals surface area contributed by atoms with Crippen LogP contribution >= 0.6 is 0 Å². The quantitative estimate of drug-likeness (QED) is 0.892. The van der Waals surface area contributed by atoms with E-state index in [2.05, 4.69) is 0 Å². The van der Waals surface area contributed by atoms with Crippen molar-refractivity contribution in [1.29, 1.82) is 0 Å². The average molecular weight is 247 g/mol. The minimum atomic E-state index is -1.02. The van der Waals surface area contributed by atoms with E-state index in [0.717, 1.165) is 5.56 Å². The minimum absolute atomic E-state index is 0.360. The van der Waals surface area contributed by atoms with E-state index in [1.807, 2.05) is 38.1 Å². The maximum Gasteiger partial charge on any atom is 0.418 e. The molecule has 0 saturated carbocycles. The summed E-state index contributed by atoms with van der Waals surface area (Å²) in [4.78, 5) is 12.6. The molecule has 0 atom stereocenters. The molecule has 4 nitrogen and oxygen atoms in total. The van der Waals surface area contributed by atoms with Gasteiger partial charge < -0.3 is 9.84 Å². The Hall–Kier alpha value is -1.97. The largest absolute Gasteiger partial charge is 0.478 e. The molecule has 1 aliphatic rings. The van der Waals surface area contributed by atoms with Crippen molar-refractivity contribution in [2.75, 3.05) is 11.5 Å². The van der Waals surface area contributed by atoms with Crippen LogP contribution < -0.4 is 4.90 Å². The monoisotopic (exact) mass is 247 g/mol. The topological polar surface area (TPSA) is 49.8 Å². The number of carboxylic acid groups (broad SMARTS) is 1. The van der Waals surface area contributed by atoms with E-state index in [4.69, 9.17) is 4.74 Å². The maximum absolute atomic E-state index is 11.4. The number of hydrogen-bond donors (Lipinski definition) is 1. The summed E-state index contributed by atoms with van der Waals surface area (Å²) in [7, 11) is 0. The average Bonchev–Trinajstić information content (AvgIpc) is 2.35. The number of ether oxygens (including phenoxy) is 1. The molecule has 0 saturated heterocycles. The van der Waals surface area contributed by atoms with Crippen LogP contribution in [-0.2, 0) is 11.2 Å². The fourth-order valence-electron chi connectivity index (χ4n) is 1.88. The summed E-state index contributed by atoms with van der Waals surface area (Å²) >= 11 is 0. The predicted molar refractivity (Wildman–Crippen MR) is 69.5 cm³/mol. The number of anilines is 1. The molecule has 4 heteroatoms. The van der Waals surface area contributed by atoms with Crippen molar-refractivity contribution in [3.05, 3.63) is 41.8 Å². The van der Waals surface area contributed by atoms with E-state index >= 15 is 0 Å². The molecule has 1 N–H and O–H groups in total. The highest BCUT2D eigenvalue weighted by atomic mass is 16.5. The lowest BCUT2D eigenvalue weighted by Gasteiger charge is -2.28. The molecule has 0 fully saturated rings. The summed E-state index contributed by atoms with van der Waals surface area (Å²) in [6.45, 7) is 4.57. The Morgan fingerprint density at radius 2 is 2.17 bits per heavy atom. The van der Waals surface area contributed by atoms with Crippen molar-refractivity contribution in [3.8, 4) is 0 Å². The zero-order chi connectivity index (χ0) is 13.1. The molecule has 0 aliphatic carbocycles. The number of para-hydroxylation sites is 1. The highest BCUT2D eigenvalue weighted by Crippen LogP contribution is 2.30. The lowest BCUT2D eigenvalue weighted by Crippen LogP contribution is -2.33. The smallest absolute Gasteiger partial charge is 0.418 e. The Bertz CT molecular complexity index is 480. The number of benzene rings is 1. The third-order valence-electron chi connectivity index (χ3n) is 2.71. The van der Waals surface area contributed by atoms with Gasteiger partial charge in [0.15, 0.2) is 5.88 Å². The van der Waals surface area contributed by atoms with Crippen molar-refractivity contribution in [2.45, 2.75) is 20.3 Å². The number of hydrogen-bond acceptors (Lipinski definition) is 2. The number of fused-ring (bicyclic) bond motifs is 1. The first-order chi connectivity index (χ1) is 8.59. The molecule has 0 bridgehead atoms. The van der Waals surface area contributed by atoms with Gasteiger partial charge in [0, 0.05) is 0 Å². The Balaban J connectivity index is 2.27. The molecule has 0 aromatic heterocycles. The number of nitrogens with zero attached hydrogens (tertiary/aromatic N) is 1. The third-order valence-corrected chi connectivity index (χ3v) is 2.71. The van der Waals surface area contributed by atoms with Crippen LogP contribution in [0.15, 0.2) is 36.2 Å². The molecule has 1 amide bonds. The minimum Gasteiger partial charge on any atom is -0.478 e. The van der Waals surface area contributed by atoms with Gasteiger partial charge in [-0.25, -0.2) is 9.69 Å². The first-order valence-corrected chi connectivity index (χ1v) is 6.03. The molecule has 18 heavy (non-hydrogen) atoms. The van der Waals surface area contributed by atoms with E-state index in [1.165, 1.54) is 4.90 Å². The molecule has 1 aromatic carbocycles. The fourth-order valence-corrected chi connectivity index (χ4v) is 1.88. The van der Waals surface area contributed by atoms with E-state index in [0.29, 0.717) is 30.5 Å². The van der Waals surface area contributed by atoms with Gasteiger partial charge in [0.05, 0.1) is 12.3 Å². The zero-order valence-electron chi connectivity index (χ0n) is 10.6. The molecule has 96 valence electrons. The molecular formula is C14H17NO3. The molecule has 2 rings (SSSR count). The van der Waals surface area contributed by atoms with E-state index in [-0.39, 0.29) is 0 Å². The summed E-state index contributed by atoms with van der Waals surface area (Å²) in [6.07, 6.45) is 1.50. The van der Waals surface area contributed by atoms with Gasteiger partial charge in [-0.15, -0.1) is 0 Å². The molecule has 1 heterocycles. The van der Waals surface area contributed by atoms with Gasteiger partial charge in [0.1, 0.15) is 0 Å². The summed E-state index contributed by atoms with van der Waals surface area (Å²) in [5.41, 5.74) is 1.68. The van der Waals surface area contributed by atoms with Crippen LogP contribution in [-0.4, -0.2) is 17.8 Å². The first kappa shape index (κ1) is 12.5. The number of rotatable bonds is 3. The van der Waals surface area contributed by atoms with Crippen LogP contribution in [0.5, 0.6) is 0 Å². The highest BCUT2D eigenvalue weighted by Gasteiger charge is 2.26. The molecule has 1 aliphatic heterocycles. The lowest BCUT2D eigenvalue weighted by atomic mass is 10.1. The third kappa shape index (κ3) is 2.47. The van der Waals surface area contributed by atoms with Crippen LogP contribution in [0.1, 0.15) is 19.4 Å². The van der Waals surface area contributed by atoms with Crippen LogP contribution in [0.2, 0.25) is 0 Å². The second-order valence-electron chi connectivity index (χ2n) is 4.70. The Labute approximate surface area is 106 Å². The van der Waals surface area contributed by atoms with E-state index < -0.39 is 6.09 Å². The summed E-state index contributed by atoms with van der Waals surface area (Å²) in [5.74, 6) is 0.772. The van der Waals surface area contributed by atoms with Crippen molar-refractivity contribution < 1.29 is 14.6 Å². The second kappa shape index (κ2) is 5.12. The zero-order valence-corrected chi connectivity index (χ0v) is 10.6. The van der Waals surface area contributed by atoms with Crippen molar-refractivity contribution in [1.82, 2.24) is 0 Å². The second-order valence-corrected chi connectivity index (χ2v) is 4.70. The number of amides is 1. The van der Waals surface area contributed by atoms with Gasteiger partial charge in [0.25, 0.3) is 0 Å². The Kier molecular flexibility index (Phi) is 3.55. The molecule has 1 aromatic rings. The Morgan fingerprint density at radius 1 is 1.44 bits per heavy atom. The number of allylic oxidation sites excluding steroid dienone is 1. The molecule has 0 spiro atoms. The standard InChI is InChI=1S/C14H17NO3/c1-10(2)9-18-13-8-7-11-5-3-4-6-12(11)15(13)14(16)17/h3-6,8,10H,7,9H2,1-2H3,(H,16,17). The molecule has 0 radical (unpaired) electrons. The molecular weight excluding hydrogens is 230 g/mol. The van der Waals surface area contributed by atoms with E-state index in [9.17, 15) is 9.90 Å². The van der Waals surface area contributed by atoms with Crippen molar-refractivity contribution in [2.24, 2.45) is 5.92 Å². The normalized spacial score (nSPS) is 14.2. The maximum atomic E-state index is 11.4. The highest BCUT2D eigenvalue weighted by molar-refractivity contribution is 5.91. The first-order valence-electron chi connectivity index (χ1n) is 6.03. The summed E-state index contributed by atoms with van der Waals surface area (Å²) < 4.78 is 5.58. The van der Waals surface area contributed by atoms with Gasteiger partial charge >= 0.3 is 6.09 Å². The summed E-state index contributed by atoms with van der Waals surface area (Å²) in [5, 5.41) is 9.33. The van der Waals surface area contributed by atoms with E-state index in [1.54, 1.807) is 6.07 Å². The van der Waals surface area contributed by atoms with Crippen LogP contribution in [0.3, 0.4) is 0 Å². The van der Waals surface area contributed by atoms with Crippen LogP contribution in [0.25, 0.3) is 0 Å². The number of carbonyl (C=O) groups is 1. The Morgan fingerprint density at radius 3 is 2.83 bits per heavy atom. The predicted octanol–water partition coefficient (Wildman–Crippen LogP) is 3.24. The van der Waals surface area contributed by atoms with Crippen molar-refractivity contribution >= 4 is 11.8 Å². The van der Waals surface area contributed by atoms with Gasteiger partial charge in [-0.3, -0.25) is 0 Å². The van der Waals surface area contributed by atoms with Crippen molar-refractivity contribution in [3.63, 3.8) is 0 Å².